The van der Waals surface area contributed by atoms with Crippen molar-refractivity contribution < 1.29 is 14.3 Å². The van der Waals surface area contributed by atoms with Crippen molar-refractivity contribution in [3.8, 4) is 0 Å². The molecular formula is C12H17NO3. The third-order valence-electron chi connectivity index (χ3n) is 1.58. The molecule has 4 nitrogen and oxygen atoms in total. The van der Waals surface area contributed by atoms with E-state index in [0.717, 1.165) is 0 Å². The molecule has 1 amide bonds. The van der Waals surface area contributed by atoms with E-state index in [4.69, 9.17) is 0 Å². The van der Waals surface area contributed by atoms with Crippen molar-refractivity contribution in [3.05, 3.63) is 35.9 Å². The molecule has 1 N–H and O–H groups in total. The number of amides is 1. The number of hydrogen-bond donors (Lipinski definition) is 1. The Kier molecular flexibility index (Phi) is 8.59. The molecule has 0 heterocycles. The SMILES string of the molecule is CCOC(=O)CNC=O.Cc1ccccc1. The van der Waals surface area contributed by atoms with Crippen molar-refractivity contribution in [1.82, 2.24) is 5.32 Å². The molecule has 0 aliphatic heterocycles. The fraction of sp³-hybridized carbons (Fsp3) is 0.333. The maximum absolute atomic E-state index is 10.4. The van der Waals surface area contributed by atoms with Crippen molar-refractivity contribution in [1.29, 1.82) is 0 Å². The summed E-state index contributed by atoms with van der Waals surface area (Å²) in [5.74, 6) is -0.412. The summed E-state index contributed by atoms with van der Waals surface area (Å²) in [6, 6.07) is 10.3. The highest BCUT2D eigenvalue weighted by Crippen LogP contribution is 1.92. The molecule has 1 aromatic rings. The van der Waals surface area contributed by atoms with Crippen LogP contribution >= 0.6 is 0 Å². The van der Waals surface area contributed by atoms with E-state index in [2.05, 4.69) is 29.1 Å². The van der Waals surface area contributed by atoms with Crippen LogP contribution in [0.5, 0.6) is 0 Å². The van der Waals surface area contributed by atoms with E-state index in [0.29, 0.717) is 13.0 Å². The number of aryl methyl sites for hydroxylation is 1. The Labute approximate surface area is 95.6 Å². The standard InChI is InChI=1S/C7H8.C5H9NO3/c1-7-5-3-2-4-6-7;1-2-9-5(8)3-6-4-7/h2-6H,1H3;4H,2-3H2,1H3,(H,6,7). The van der Waals surface area contributed by atoms with Crippen LogP contribution in [0.25, 0.3) is 0 Å². The van der Waals surface area contributed by atoms with Crippen LogP contribution in [0, 0.1) is 6.92 Å². The molecule has 0 aliphatic carbocycles. The van der Waals surface area contributed by atoms with Crippen LogP contribution in [0.1, 0.15) is 12.5 Å². The number of nitrogens with one attached hydrogen (secondary N) is 1. The number of rotatable bonds is 4. The molecule has 0 spiro atoms. The van der Waals surface area contributed by atoms with Gasteiger partial charge in [-0.25, -0.2) is 0 Å². The second-order valence-electron chi connectivity index (χ2n) is 2.96. The van der Waals surface area contributed by atoms with Gasteiger partial charge in [-0.2, -0.15) is 0 Å². The van der Waals surface area contributed by atoms with Crippen LogP contribution < -0.4 is 5.32 Å². The Morgan fingerprint density at radius 1 is 1.38 bits per heavy atom. The molecule has 0 radical (unpaired) electrons. The first kappa shape index (κ1) is 14.2. The Morgan fingerprint density at radius 3 is 2.38 bits per heavy atom. The van der Waals surface area contributed by atoms with E-state index < -0.39 is 5.97 Å². The molecule has 0 saturated carbocycles. The first-order chi connectivity index (χ1) is 7.70. The largest absolute Gasteiger partial charge is 0.465 e. The van der Waals surface area contributed by atoms with Gasteiger partial charge in [-0.3, -0.25) is 9.59 Å². The van der Waals surface area contributed by atoms with E-state index in [1.165, 1.54) is 5.56 Å². The molecule has 1 rings (SSSR count). The number of carbonyl (C=O) groups is 2. The smallest absolute Gasteiger partial charge is 0.325 e. The molecule has 0 saturated heterocycles. The molecule has 0 atom stereocenters. The monoisotopic (exact) mass is 223 g/mol. The molecular weight excluding hydrogens is 206 g/mol. The highest BCUT2D eigenvalue weighted by atomic mass is 16.5. The maximum atomic E-state index is 10.4. The number of ether oxygens (including phenoxy) is 1. The van der Waals surface area contributed by atoms with Crippen molar-refractivity contribution >= 4 is 12.4 Å². The average molecular weight is 223 g/mol. The lowest BCUT2D eigenvalue weighted by Crippen LogP contribution is -2.23. The van der Waals surface area contributed by atoms with Gasteiger partial charge in [0.15, 0.2) is 0 Å². The first-order valence-electron chi connectivity index (χ1n) is 5.05. The number of hydrogen-bond acceptors (Lipinski definition) is 3. The van der Waals surface area contributed by atoms with Gasteiger partial charge in [0.2, 0.25) is 6.41 Å². The average Bonchev–Trinajstić information content (AvgIpc) is 2.29. The molecule has 0 fully saturated rings. The van der Waals surface area contributed by atoms with Gasteiger partial charge in [0.05, 0.1) is 6.61 Å². The predicted octanol–water partition coefficient (Wildman–Crippen LogP) is 1.29. The summed E-state index contributed by atoms with van der Waals surface area (Å²) in [6.45, 7) is 4.09. The van der Waals surface area contributed by atoms with E-state index >= 15 is 0 Å². The van der Waals surface area contributed by atoms with Crippen LogP contribution in [0.2, 0.25) is 0 Å². The number of carbonyl (C=O) groups excluding carboxylic acids is 2. The number of esters is 1. The predicted molar refractivity (Wildman–Crippen MR) is 61.9 cm³/mol. The summed E-state index contributed by atoms with van der Waals surface area (Å²) < 4.78 is 4.48. The first-order valence-corrected chi connectivity index (χ1v) is 5.05. The van der Waals surface area contributed by atoms with Crippen molar-refractivity contribution in [3.63, 3.8) is 0 Å². The van der Waals surface area contributed by atoms with Gasteiger partial charge in [0, 0.05) is 0 Å². The number of benzene rings is 1. The van der Waals surface area contributed by atoms with Crippen LogP contribution in [0.3, 0.4) is 0 Å². The van der Waals surface area contributed by atoms with E-state index in [9.17, 15) is 9.59 Å². The second kappa shape index (κ2) is 9.71. The molecule has 0 aromatic heterocycles. The normalized spacial score (nSPS) is 8.38. The van der Waals surface area contributed by atoms with Gasteiger partial charge in [-0.15, -0.1) is 0 Å². The lowest BCUT2D eigenvalue weighted by Gasteiger charge is -1.97. The van der Waals surface area contributed by atoms with Crippen molar-refractivity contribution in [2.45, 2.75) is 13.8 Å². The lowest BCUT2D eigenvalue weighted by atomic mass is 10.2. The quantitative estimate of drug-likeness (QED) is 0.618. The zero-order chi connectivity index (χ0) is 12.2. The zero-order valence-corrected chi connectivity index (χ0v) is 9.60. The minimum absolute atomic E-state index is 0.0443. The Balaban J connectivity index is 0.000000288. The maximum Gasteiger partial charge on any atom is 0.325 e. The minimum atomic E-state index is -0.412. The minimum Gasteiger partial charge on any atom is -0.465 e. The third kappa shape index (κ3) is 8.74. The Morgan fingerprint density at radius 2 is 2.00 bits per heavy atom. The van der Waals surface area contributed by atoms with E-state index in [1.807, 2.05) is 18.2 Å². The Bertz CT molecular complexity index is 298. The highest BCUT2D eigenvalue weighted by Gasteiger charge is 1.96. The molecule has 0 bridgehead atoms. The van der Waals surface area contributed by atoms with Crippen molar-refractivity contribution in [2.75, 3.05) is 13.2 Å². The summed E-state index contributed by atoms with van der Waals surface area (Å²) in [4.78, 5) is 20.0. The van der Waals surface area contributed by atoms with Crippen molar-refractivity contribution in [2.24, 2.45) is 0 Å². The third-order valence-corrected chi connectivity index (χ3v) is 1.58. The molecule has 0 unspecified atom stereocenters. The molecule has 88 valence electrons. The van der Waals surface area contributed by atoms with E-state index in [1.54, 1.807) is 6.92 Å². The van der Waals surface area contributed by atoms with Gasteiger partial charge in [0.25, 0.3) is 0 Å². The van der Waals surface area contributed by atoms with E-state index in [-0.39, 0.29) is 6.54 Å². The second-order valence-corrected chi connectivity index (χ2v) is 2.96. The summed E-state index contributed by atoms with van der Waals surface area (Å²) in [5, 5.41) is 2.18. The lowest BCUT2D eigenvalue weighted by molar-refractivity contribution is -0.142. The van der Waals surface area contributed by atoms with Gasteiger partial charge >= 0.3 is 5.97 Å². The Hall–Kier alpha value is -1.84. The van der Waals surface area contributed by atoms with Crippen LogP contribution in [-0.4, -0.2) is 25.5 Å². The topological polar surface area (TPSA) is 55.4 Å². The van der Waals surface area contributed by atoms with Gasteiger partial charge in [-0.05, 0) is 13.8 Å². The summed E-state index contributed by atoms with van der Waals surface area (Å²) >= 11 is 0. The van der Waals surface area contributed by atoms with Gasteiger partial charge in [-0.1, -0.05) is 35.9 Å². The van der Waals surface area contributed by atoms with Gasteiger partial charge < -0.3 is 10.1 Å². The van der Waals surface area contributed by atoms with Crippen LogP contribution in [-0.2, 0) is 14.3 Å². The summed E-state index contributed by atoms with van der Waals surface area (Å²) in [7, 11) is 0. The van der Waals surface area contributed by atoms with Crippen LogP contribution in [0.4, 0.5) is 0 Å². The molecule has 0 aliphatic rings. The summed E-state index contributed by atoms with van der Waals surface area (Å²) in [5.41, 5.74) is 1.32. The summed E-state index contributed by atoms with van der Waals surface area (Å²) in [6.07, 6.45) is 0.455. The fourth-order valence-corrected chi connectivity index (χ4v) is 0.871. The van der Waals surface area contributed by atoms with Gasteiger partial charge in [0.1, 0.15) is 6.54 Å². The molecule has 16 heavy (non-hydrogen) atoms. The van der Waals surface area contributed by atoms with Crippen LogP contribution in [0.15, 0.2) is 30.3 Å². The molecule has 1 aromatic carbocycles. The fourth-order valence-electron chi connectivity index (χ4n) is 0.871. The highest BCUT2D eigenvalue weighted by molar-refractivity contribution is 5.73. The molecule has 4 heteroatoms. The zero-order valence-electron chi connectivity index (χ0n) is 9.60.